The molecule has 0 N–H and O–H groups in total. The van der Waals surface area contributed by atoms with Gasteiger partial charge in [-0.05, 0) is 135 Å². The summed E-state index contributed by atoms with van der Waals surface area (Å²) in [5, 5.41) is 3.86. The summed E-state index contributed by atoms with van der Waals surface area (Å²) in [7, 11) is 0. The first-order chi connectivity index (χ1) is 32.2. The summed E-state index contributed by atoms with van der Waals surface area (Å²) in [5.41, 5.74) is 15.4. The predicted octanol–water partition coefficient (Wildman–Crippen LogP) is 16.3. The van der Waals surface area contributed by atoms with Crippen LogP contribution in [0.15, 0.2) is 215 Å². The minimum atomic E-state index is -0.493. The molecule has 0 amide bonds. The third-order valence-electron chi connectivity index (χ3n) is 14.1. The van der Waals surface area contributed by atoms with Crippen molar-refractivity contribution in [1.29, 1.82) is 0 Å². The Morgan fingerprint density at radius 2 is 1.37 bits per heavy atom. The fraction of sp³-hybridized carbons (Fsp3) is 0.115. The third-order valence-corrected chi connectivity index (χ3v) is 16.5. The van der Waals surface area contributed by atoms with Crippen LogP contribution in [0.25, 0.3) is 66.1 Å². The number of rotatable bonds is 6. The first kappa shape index (κ1) is 38.6. The molecule has 13 rings (SSSR count). The van der Waals surface area contributed by atoms with Gasteiger partial charge in [0.15, 0.2) is 5.82 Å². The van der Waals surface area contributed by atoms with Gasteiger partial charge in [-0.3, -0.25) is 0 Å². The number of allylic oxidation sites excluding steroid dienone is 13. The van der Waals surface area contributed by atoms with Crippen LogP contribution in [-0.2, 0) is 11.8 Å². The lowest BCUT2D eigenvalue weighted by atomic mass is 9.61. The largest absolute Gasteiger partial charge is 0.228 e. The maximum absolute atomic E-state index is 5.26. The summed E-state index contributed by atoms with van der Waals surface area (Å²) < 4.78 is 1.32. The summed E-state index contributed by atoms with van der Waals surface area (Å²) in [5.74, 6) is 1.16. The number of hydrogen-bond donors (Lipinski definition) is 0. The maximum Gasteiger partial charge on any atom is 0.156 e. The number of benzene rings is 6. The van der Waals surface area contributed by atoms with E-state index in [-0.39, 0.29) is 0 Å². The molecule has 4 aliphatic carbocycles. The standard InChI is InChI=1S/C61H44N2S2/c1-2-14-43(15-3-1)60-62-54(38-55(63-60)47-28-32-51-50-18-8-10-20-56(50)64-59(51)37-47)42-24-22-41(23-25-42)46-29-33-58-53(36-46)61(52-19-9-11-21-57(52)65-58,48-30-26-39-12-4-6-16-44(39)34-48)49-31-27-40-13-5-7-17-45(40)35-49/h1-2,4-9,11-14,16-19,21-34,36-38,45H,3,10,15,20,35H2. The van der Waals surface area contributed by atoms with Crippen LogP contribution < -0.4 is 0 Å². The highest BCUT2D eigenvalue weighted by atomic mass is 32.2. The molecule has 0 radical (unpaired) electrons. The highest BCUT2D eigenvalue weighted by Crippen LogP contribution is 2.59. The van der Waals surface area contributed by atoms with E-state index in [0.717, 1.165) is 60.4 Å². The predicted molar refractivity (Wildman–Crippen MR) is 274 cm³/mol. The Morgan fingerprint density at radius 1 is 0.569 bits per heavy atom. The molecular formula is C61H44N2S2. The third kappa shape index (κ3) is 6.53. The average molecular weight is 869 g/mol. The topological polar surface area (TPSA) is 25.8 Å². The highest BCUT2D eigenvalue weighted by Gasteiger charge is 2.46. The second-order valence-corrected chi connectivity index (χ2v) is 20.0. The van der Waals surface area contributed by atoms with Crippen LogP contribution >= 0.6 is 23.1 Å². The van der Waals surface area contributed by atoms with E-state index in [9.17, 15) is 0 Å². The molecular weight excluding hydrogens is 825 g/mol. The normalized spacial score (nSPS) is 19.3. The van der Waals surface area contributed by atoms with Gasteiger partial charge in [-0.1, -0.05) is 176 Å². The van der Waals surface area contributed by atoms with Gasteiger partial charge < -0.3 is 0 Å². The lowest BCUT2D eigenvalue weighted by molar-refractivity contribution is 0.605. The molecule has 3 heterocycles. The molecule has 2 unspecified atom stereocenters. The number of aromatic nitrogens is 2. The van der Waals surface area contributed by atoms with Gasteiger partial charge in [0.25, 0.3) is 0 Å². The summed E-state index contributed by atoms with van der Waals surface area (Å²) >= 11 is 3.83. The lowest BCUT2D eigenvalue weighted by Gasteiger charge is -2.45. The van der Waals surface area contributed by atoms with Gasteiger partial charge in [0.1, 0.15) is 0 Å². The van der Waals surface area contributed by atoms with Gasteiger partial charge in [-0.15, -0.1) is 11.3 Å². The molecule has 6 aromatic carbocycles. The maximum atomic E-state index is 5.26. The Bertz CT molecular complexity index is 3500. The van der Waals surface area contributed by atoms with E-state index in [4.69, 9.17) is 9.97 Å². The number of nitrogens with zero attached hydrogens (tertiary/aromatic N) is 2. The van der Waals surface area contributed by atoms with Gasteiger partial charge in [0, 0.05) is 36.4 Å². The van der Waals surface area contributed by atoms with E-state index in [1.54, 1.807) is 0 Å². The minimum Gasteiger partial charge on any atom is -0.228 e. The molecule has 310 valence electrons. The molecule has 2 aromatic heterocycles. The molecule has 5 aliphatic rings. The summed E-state index contributed by atoms with van der Waals surface area (Å²) in [6.45, 7) is 0. The number of fused-ring (bicyclic) bond motifs is 7. The number of thiophene rings is 1. The van der Waals surface area contributed by atoms with Crippen molar-refractivity contribution in [2.45, 2.75) is 47.3 Å². The Labute approximate surface area is 388 Å². The fourth-order valence-corrected chi connectivity index (χ4v) is 13.3. The van der Waals surface area contributed by atoms with Crippen molar-refractivity contribution in [2.75, 3.05) is 0 Å². The molecule has 8 aromatic rings. The number of aryl methyl sites for hydroxylation is 1. The van der Waals surface area contributed by atoms with Crippen LogP contribution in [0.5, 0.6) is 0 Å². The smallest absolute Gasteiger partial charge is 0.156 e. The van der Waals surface area contributed by atoms with E-state index in [0.29, 0.717) is 5.92 Å². The summed E-state index contributed by atoms with van der Waals surface area (Å²) in [6.07, 6.45) is 30.2. The molecule has 0 spiro atoms. The molecule has 65 heavy (non-hydrogen) atoms. The second kappa shape index (κ2) is 15.7. The zero-order valence-electron chi connectivity index (χ0n) is 35.9. The van der Waals surface area contributed by atoms with Crippen molar-refractivity contribution in [1.82, 2.24) is 9.97 Å². The van der Waals surface area contributed by atoms with Crippen LogP contribution in [0.2, 0.25) is 0 Å². The fourth-order valence-electron chi connectivity index (χ4n) is 10.8. The average Bonchev–Trinajstić information content (AvgIpc) is 3.76. The van der Waals surface area contributed by atoms with Crippen molar-refractivity contribution in [3.8, 4) is 33.6 Å². The SMILES string of the molecule is C1=CCCC(c2nc(-c3ccc(-c4ccc5c(c4)C(C4=CC=C6C=CC=CC6C4)(c4ccc6ccccc6c4)c4ccccc4S5)cc3)cc(-c3ccc4c5c(sc4c3)CCC=C5)n2)=C1. The molecule has 0 fully saturated rings. The molecule has 4 heteroatoms. The zero-order valence-corrected chi connectivity index (χ0v) is 37.5. The van der Waals surface area contributed by atoms with Crippen molar-refractivity contribution >= 4 is 55.6 Å². The minimum absolute atomic E-state index is 0.341. The molecule has 1 aliphatic heterocycles. The van der Waals surface area contributed by atoms with Crippen LogP contribution in [0.1, 0.15) is 58.6 Å². The van der Waals surface area contributed by atoms with Crippen molar-refractivity contribution in [3.05, 3.63) is 238 Å². The molecule has 2 atom stereocenters. The van der Waals surface area contributed by atoms with E-state index >= 15 is 0 Å². The van der Waals surface area contributed by atoms with Gasteiger partial charge in [0.2, 0.25) is 0 Å². The van der Waals surface area contributed by atoms with E-state index in [1.165, 1.54) is 85.6 Å². The van der Waals surface area contributed by atoms with Gasteiger partial charge >= 0.3 is 0 Å². The van der Waals surface area contributed by atoms with Crippen molar-refractivity contribution in [3.63, 3.8) is 0 Å². The van der Waals surface area contributed by atoms with Gasteiger partial charge in [0.05, 0.1) is 16.8 Å². The van der Waals surface area contributed by atoms with E-state index < -0.39 is 5.41 Å². The molecule has 0 bridgehead atoms. The molecule has 0 saturated carbocycles. The Hall–Kier alpha value is -6.85. The molecule has 0 saturated heterocycles. The first-order valence-electron chi connectivity index (χ1n) is 22.9. The second-order valence-electron chi connectivity index (χ2n) is 17.8. The van der Waals surface area contributed by atoms with E-state index in [1.807, 2.05) is 23.1 Å². The van der Waals surface area contributed by atoms with E-state index in [2.05, 4.69) is 200 Å². The monoisotopic (exact) mass is 868 g/mol. The van der Waals surface area contributed by atoms with Crippen LogP contribution in [0.3, 0.4) is 0 Å². The zero-order chi connectivity index (χ0) is 42.9. The van der Waals surface area contributed by atoms with Crippen molar-refractivity contribution < 1.29 is 0 Å². The molecule has 2 nitrogen and oxygen atoms in total. The first-order valence-corrected chi connectivity index (χ1v) is 24.5. The highest BCUT2D eigenvalue weighted by molar-refractivity contribution is 7.99. The Kier molecular flexibility index (Phi) is 9.32. The van der Waals surface area contributed by atoms with Crippen LogP contribution in [0.4, 0.5) is 0 Å². The summed E-state index contributed by atoms with van der Waals surface area (Å²) in [6, 6.07) is 50.4. The Morgan fingerprint density at radius 3 is 2.28 bits per heavy atom. The van der Waals surface area contributed by atoms with Crippen LogP contribution in [-0.4, -0.2) is 9.97 Å². The summed E-state index contributed by atoms with van der Waals surface area (Å²) in [4.78, 5) is 14.6. The Balaban J connectivity index is 0.937. The van der Waals surface area contributed by atoms with Gasteiger partial charge in [-0.25, -0.2) is 9.97 Å². The lowest BCUT2D eigenvalue weighted by Crippen LogP contribution is -2.36. The quantitative estimate of drug-likeness (QED) is 0.166. The number of hydrogen-bond acceptors (Lipinski definition) is 4. The van der Waals surface area contributed by atoms with Crippen LogP contribution in [0, 0.1) is 5.92 Å². The van der Waals surface area contributed by atoms with Crippen molar-refractivity contribution in [2.24, 2.45) is 5.92 Å². The van der Waals surface area contributed by atoms with Gasteiger partial charge in [-0.2, -0.15) is 0 Å².